The molecule has 2 fully saturated rings. The van der Waals surface area contributed by atoms with E-state index in [1.165, 1.54) is 5.56 Å². The molecule has 1 aliphatic heterocycles. The molecule has 29 heavy (non-hydrogen) atoms. The van der Waals surface area contributed by atoms with Crippen LogP contribution in [0.15, 0.2) is 53.0 Å². The van der Waals surface area contributed by atoms with Crippen molar-refractivity contribution in [3.05, 3.63) is 64.1 Å². The summed E-state index contributed by atoms with van der Waals surface area (Å²) < 4.78 is 11.8. The van der Waals surface area contributed by atoms with Crippen LogP contribution in [0.1, 0.15) is 30.0 Å². The summed E-state index contributed by atoms with van der Waals surface area (Å²) in [6.07, 6.45) is 1.81. The van der Waals surface area contributed by atoms with Crippen molar-refractivity contribution < 1.29 is 14.3 Å². The van der Waals surface area contributed by atoms with E-state index in [1.54, 1.807) is 7.11 Å². The Balaban J connectivity index is 1.49. The van der Waals surface area contributed by atoms with E-state index in [4.69, 9.17) is 9.47 Å². The predicted molar refractivity (Wildman–Crippen MR) is 116 cm³/mol. The van der Waals surface area contributed by atoms with Gasteiger partial charge in [-0.1, -0.05) is 40.2 Å². The lowest BCUT2D eigenvalue weighted by molar-refractivity contribution is -0.124. The van der Waals surface area contributed by atoms with Crippen molar-refractivity contribution in [2.45, 2.75) is 24.3 Å². The summed E-state index contributed by atoms with van der Waals surface area (Å²) in [6.45, 7) is 3.76. The van der Waals surface area contributed by atoms with Gasteiger partial charge < -0.3 is 14.8 Å². The number of amides is 1. The van der Waals surface area contributed by atoms with Crippen molar-refractivity contribution in [3.8, 4) is 5.75 Å². The van der Waals surface area contributed by atoms with Crippen LogP contribution in [0, 0.1) is 0 Å². The zero-order valence-electron chi connectivity index (χ0n) is 16.7. The summed E-state index contributed by atoms with van der Waals surface area (Å²) in [5.74, 6) is 0.965. The van der Waals surface area contributed by atoms with E-state index in [-0.39, 0.29) is 17.4 Å². The molecule has 2 aromatic rings. The Hall–Kier alpha value is -1.89. The van der Waals surface area contributed by atoms with Crippen molar-refractivity contribution in [1.82, 2.24) is 10.2 Å². The van der Waals surface area contributed by atoms with Crippen LogP contribution in [-0.2, 0) is 14.9 Å². The van der Waals surface area contributed by atoms with Crippen molar-refractivity contribution in [2.75, 3.05) is 40.0 Å². The van der Waals surface area contributed by atoms with Crippen molar-refractivity contribution in [2.24, 2.45) is 0 Å². The zero-order valence-corrected chi connectivity index (χ0v) is 18.3. The van der Waals surface area contributed by atoms with Gasteiger partial charge in [-0.3, -0.25) is 9.69 Å². The molecule has 0 aromatic heterocycles. The van der Waals surface area contributed by atoms with Gasteiger partial charge >= 0.3 is 0 Å². The second-order valence-corrected chi connectivity index (χ2v) is 8.66. The van der Waals surface area contributed by atoms with Crippen LogP contribution in [-0.4, -0.2) is 50.8 Å². The summed E-state index contributed by atoms with van der Waals surface area (Å²) in [7, 11) is 1.67. The molecule has 1 unspecified atom stereocenters. The van der Waals surface area contributed by atoms with E-state index >= 15 is 0 Å². The number of carbonyl (C=O) groups is 1. The van der Waals surface area contributed by atoms with Gasteiger partial charge in [-0.25, -0.2) is 0 Å². The first-order chi connectivity index (χ1) is 14.1. The first kappa shape index (κ1) is 20.4. The van der Waals surface area contributed by atoms with Gasteiger partial charge in [0, 0.05) is 24.1 Å². The number of benzene rings is 2. The van der Waals surface area contributed by atoms with Crippen molar-refractivity contribution in [3.63, 3.8) is 0 Å². The lowest BCUT2D eigenvalue weighted by atomic mass is 9.94. The van der Waals surface area contributed by atoms with Gasteiger partial charge in [0.2, 0.25) is 5.91 Å². The molecule has 5 nitrogen and oxygen atoms in total. The van der Waals surface area contributed by atoms with E-state index in [2.05, 4.69) is 50.4 Å². The minimum atomic E-state index is -0.376. The highest BCUT2D eigenvalue weighted by molar-refractivity contribution is 9.10. The number of nitrogens with zero attached hydrogens (tertiary/aromatic N) is 1. The highest BCUT2D eigenvalue weighted by Gasteiger charge is 2.51. The third kappa shape index (κ3) is 4.49. The fourth-order valence-corrected chi connectivity index (χ4v) is 4.49. The van der Waals surface area contributed by atoms with Gasteiger partial charge in [0.1, 0.15) is 5.75 Å². The van der Waals surface area contributed by atoms with Crippen LogP contribution in [0.2, 0.25) is 0 Å². The van der Waals surface area contributed by atoms with Crippen LogP contribution in [0.3, 0.4) is 0 Å². The van der Waals surface area contributed by atoms with E-state index in [0.29, 0.717) is 6.54 Å². The molecule has 1 N–H and O–H groups in total. The molecule has 2 aliphatic rings. The summed E-state index contributed by atoms with van der Waals surface area (Å²) >= 11 is 3.53. The minimum Gasteiger partial charge on any atom is -0.497 e. The molecule has 1 aliphatic carbocycles. The Bertz CT molecular complexity index is 845. The molecule has 1 heterocycles. The number of hydrogen-bond donors (Lipinski definition) is 1. The van der Waals surface area contributed by atoms with Gasteiger partial charge in [0.05, 0.1) is 31.8 Å². The van der Waals surface area contributed by atoms with E-state index < -0.39 is 0 Å². The molecule has 4 rings (SSSR count). The largest absolute Gasteiger partial charge is 0.497 e. The maximum atomic E-state index is 13.2. The Kier molecular flexibility index (Phi) is 6.23. The first-order valence-corrected chi connectivity index (χ1v) is 10.9. The van der Waals surface area contributed by atoms with Crippen LogP contribution in [0.25, 0.3) is 0 Å². The Morgan fingerprint density at radius 1 is 1.21 bits per heavy atom. The average molecular weight is 459 g/mol. The second kappa shape index (κ2) is 8.86. The van der Waals surface area contributed by atoms with E-state index in [0.717, 1.165) is 54.9 Å². The van der Waals surface area contributed by atoms with Gasteiger partial charge in [-0.2, -0.15) is 0 Å². The molecule has 154 valence electrons. The summed E-state index contributed by atoms with van der Waals surface area (Å²) in [5, 5.41) is 3.26. The molecule has 1 atom stereocenters. The summed E-state index contributed by atoms with van der Waals surface area (Å²) in [5.41, 5.74) is 1.90. The Labute approximate surface area is 180 Å². The molecule has 6 heteroatoms. The number of morpholine rings is 1. The maximum absolute atomic E-state index is 13.2. The van der Waals surface area contributed by atoms with Crippen LogP contribution in [0.4, 0.5) is 0 Å². The number of halogens is 1. The minimum absolute atomic E-state index is 0.118. The number of carbonyl (C=O) groups excluding carboxylic acids is 1. The van der Waals surface area contributed by atoms with Gasteiger partial charge in [-0.05, 0) is 48.2 Å². The van der Waals surface area contributed by atoms with Crippen molar-refractivity contribution >= 4 is 21.8 Å². The first-order valence-electron chi connectivity index (χ1n) is 10.1. The molecule has 0 radical (unpaired) electrons. The molecular weight excluding hydrogens is 432 g/mol. The summed E-state index contributed by atoms with van der Waals surface area (Å²) in [4.78, 5) is 15.6. The van der Waals surface area contributed by atoms with Gasteiger partial charge in [-0.15, -0.1) is 0 Å². The molecule has 1 amide bonds. The quantitative estimate of drug-likeness (QED) is 0.687. The molecule has 0 spiro atoms. The third-order valence-corrected chi connectivity index (χ3v) is 6.50. The lowest BCUT2D eigenvalue weighted by Gasteiger charge is -2.35. The monoisotopic (exact) mass is 458 g/mol. The number of ether oxygens (including phenoxy) is 2. The molecular formula is C23H27BrN2O3. The highest BCUT2D eigenvalue weighted by Crippen LogP contribution is 2.49. The molecule has 1 saturated carbocycles. The van der Waals surface area contributed by atoms with Gasteiger partial charge in [0.15, 0.2) is 0 Å². The topological polar surface area (TPSA) is 50.8 Å². The van der Waals surface area contributed by atoms with Crippen LogP contribution in [0.5, 0.6) is 5.75 Å². The van der Waals surface area contributed by atoms with E-state index in [1.807, 2.05) is 24.3 Å². The van der Waals surface area contributed by atoms with Gasteiger partial charge in [0.25, 0.3) is 0 Å². The standard InChI is InChI=1S/C23H27BrN2O3/c1-28-20-7-5-17(6-8-20)21(26-11-13-29-14-12-26)16-25-22(27)23(9-10-23)18-3-2-4-19(24)15-18/h2-8,15,21H,9-14,16H2,1H3,(H,25,27). The second-order valence-electron chi connectivity index (χ2n) is 7.74. The Morgan fingerprint density at radius 2 is 1.93 bits per heavy atom. The Morgan fingerprint density at radius 3 is 2.55 bits per heavy atom. The fraction of sp³-hybridized carbons (Fsp3) is 0.435. The van der Waals surface area contributed by atoms with Crippen LogP contribution < -0.4 is 10.1 Å². The van der Waals surface area contributed by atoms with E-state index in [9.17, 15) is 4.79 Å². The molecule has 1 saturated heterocycles. The normalized spacial score (nSPS) is 19.4. The zero-order chi connectivity index (χ0) is 20.3. The smallest absolute Gasteiger partial charge is 0.230 e. The lowest BCUT2D eigenvalue weighted by Crippen LogP contribution is -2.45. The molecule has 2 aromatic carbocycles. The molecule has 0 bridgehead atoms. The van der Waals surface area contributed by atoms with Crippen LogP contribution >= 0.6 is 15.9 Å². The number of rotatable bonds is 7. The maximum Gasteiger partial charge on any atom is 0.230 e. The third-order valence-electron chi connectivity index (χ3n) is 6.00. The number of hydrogen-bond acceptors (Lipinski definition) is 4. The number of methoxy groups -OCH3 is 1. The fourth-order valence-electron chi connectivity index (χ4n) is 4.09. The van der Waals surface area contributed by atoms with Crippen molar-refractivity contribution in [1.29, 1.82) is 0 Å². The number of nitrogens with one attached hydrogen (secondary N) is 1. The SMILES string of the molecule is COc1ccc(C(CNC(=O)C2(c3cccc(Br)c3)CC2)N2CCOCC2)cc1. The highest BCUT2D eigenvalue weighted by atomic mass is 79.9. The predicted octanol–water partition coefficient (Wildman–Crippen LogP) is 3.68. The average Bonchev–Trinajstić information content (AvgIpc) is 3.57. The summed E-state index contributed by atoms with van der Waals surface area (Å²) in [6, 6.07) is 16.4.